The highest BCUT2D eigenvalue weighted by Gasteiger charge is 2.03. The van der Waals surface area contributed by atoms with Crippen LogP contribution in [0.5, 0.6) is 0 Å². The Bertz CT molecular complexity index is 281. The molecule has 0 aliphatic heterocycles. The number of aryl methyl sites for hydroxylation is 1. The minimum atomic E-state index is 0.881. The van der Waals surface area contributed by atoms with Crippen LogP contribution in [0.1, 0.15) is 16.7 Å². The third kappa shape index (κ3) is 1.79. The lowest BCUT2D eigenvalue weighted by Gasteiger charge is -2.08. The van der Waals surface area contributed by atoms with Crippen molar-refractivity contribution in [3.63, 3.8) is 0 Å². The highest BCUT2D eigenvalue weighted by molar-refractivity contribution is 6.32. The Morgan fingerprint density at radius 1 is 1.33 bits per heavy atom. The van der Waals surface area contributed by atoms with Gasteiger partial charge in [-0.1, -0.05) is 23.7 Å². The minimum Gasteiger partial charge on any atom is -0.316 e. The first kappa shape index (κ1) is 9.56. The van der Waals surface area contributed by atoms with Gasteiger partial charge in [0.25, 0.3) is 0 Å². The molecule has 0 radical (unpaired) electrons. The molecule has 1 N–H and O–H groups in total. The average molecular weight is 184 g/mol. The largest absolute Gasteiger partial charge is 0.316 e. The van der Waals surface area contributed by atoms with Gasteiger partial charge in [0.15, 0.2) is 0 Å². The standard InChI is InChI=1S/C10H14ClN/c1-7-4-5-9(6-12-3)8(2)10(7)11/h4-5,12H,6H2,1-3H3. The van der Waals surface area contributed by atoms with E-state index in [2.05, 4.69) is 24.4 Å². The van der Waals surface area contributed by atoms with Crippen LogP contribution in [0.3, 0.4) is 0 Å². The second-order valence-electron chi connectivity index (χ2n) is 3.01. The van der Waals surface area contributed by atoms with Gasteiger partial charge in [-0.3, -0.25) is 0 Å². The van der Waals surface area contributed by atoms with Crippen LogP contribution in [0.15, 0.2) is 12.1 Å². The first-order chi connectivity index (χ1) is 5.66. The molecule has 0 aliphatic carbocycles. The molecule has 1 aromatic rings. The predicted molar refractivity (Wildman–Crippen MR) is 53.7 cm³/mol. The van der Waals surface area contributed by atoms with E-state index in [1.54, 1.807) is 0 Å². The summed E-state index contributed by atoms with van der Waals surface area (Å²) in [5, 5.41) is 4.00. The van der Waals surface area contributed by atoms with E-state index in [-0.39, 0.29) is 0 Å². The summed E-state index contributed by atoms with van der Waals surface area (Å²) in [6.45, 7) is 4.96. The summed E-state index contributed by atoms with van der Waals surface area (Å²) < 4.78 is 0. The molecule has 1 nitrogen and oxygen atoms in total. The molecule has 0 bridgehead atoms. The van der Waals surface area contributed by atoms with Gasteiger partial charge in [0.1, 0.15) is 0 Å². The molecule has 1 aromatic carbocycles. The number of benzene rings is 1. The molecule has 0 atom stereocenters. The molecule has 12 heavy (non-hydrogen) atoms. The monoisotopic (exact) mass is 183 g/mol. The van der Waals surface area contributed by atoms with E-state index in [0.717, 1.165) is 17.1 Å². The maximum absolute atomic E-state index is 6.09. The van der Waals surface area contributed by atoms with Crippen LogP contribution in [-0.4, -0.2) is 7.05 Å². The molecule has 1 rings (SSSR count). The first-order valence-electron chi connectivity index (χ1n) is 4.06. The second-order valence-corrected chi connectivity index (χ2v) is 3.39. The Labute approximate surface area is 78.7 Å². The first-order valence-corrected chi connectivity index (χ1v) is 4.43. The van der Waals surface area contributed by atoms with Crippen molar-refractivity contribution in [2.45, 2.75) is 20.4 Å². The fraction of sp³-hybridized carbons (Fsp3) is 0.400. The van der Waals surface area contributed by atoms with Crippen molar-refractivity contribution >= 4 is 11.6 Å². The fourth-order valence-electron chi connectivity index (χ4n) is 1.24. The summed E-state index contributed by atoms with van der Waals surface area (Å²) in [4.78, 5) is 0. The van der Waals surface area contributed by atoms with Crippen molar-refractivity contribution in [3.05, 3.63) is 33.8 Å². The summed E-state index contributed by atoms with van der Waals surface area (Å²) in [6.07, 6.45) is 0. The lowest BCUT2D eigenvalue weighted by Crippen LogP contribution is -2.06. The van der Waals surface area contributed by atoms with Crippen molar-refractivity contribution in [3.8, 4) is 0 Å². The molecule has 0 spiro atoms. The maximum Gasteiger partial charge on any atom is 0.0467 e. The van der Waals surface area contributed by atoms with E-state index < -0.39 is 0 Å². The van der Waals surface area contributed by atoms with Gasteiger partial charge in [0.05, 0.1) is 0 Å². The van der Waals surface area contributed by atoms with Gasteiger partial charge in [0, 0.05) is 11.6 Å². The quantitative estimate of drug-likeness (QED) is 0.744. The lowest BCUT2D eigenvalue weighted by atomic mass is 10.1. The van der Waals surface area contributed by atoms with Gasteiger partial charge in [-0.05, 0) is 37.6 Å². The normalized spacial score (nSPS) is 10.3. The highest BCUT2D eigenvalue weighted by atomic mass is 35.5. The van der Waals surface area contributed by atoms with Crippen LogP contribution >= 0.6 is 11.6 Å². The van der Waals surface area contributed by atoms with E-state index >= 15 is 0 Å². The zero-order valence-corrected chi connectivity index (χ0v) is 8.50. The van der Waals surface area contributed by atoms with Crippen molar-refractivity contribution in [2.75, 3.05) is 7.05 Å². The summed E-state index contributed by atoms with van der Waals surface area (Å²) in [5.74, 6) is 0. The Kier molecular flexibility index (Phi) is 3.12. The second kappa shape index (κ2) is 3.92. The molecule has 0 saturated heterocycles. The topological polar surface area (TPSA) is 12.0 Å². The van der Waals surface area contributed by atoms with E-state index in [4.69, 9.17) is 11.6 Å². The zero-order valence-electron chi connectivity index (χ0n) is 7.74. The van der Waals surface area contributed by atoms with Crippen molar-refractivity contribution in [2.24, 2.45) is 0 Å². The maximum atomic E-state index is 6.09. The number of halogens is 1. The van der Waals surface area contributed by atoms with E-state index in [9.17, 15) is 0 Å². The molecule has 2 heteroatoms. The molecule has 0 aromatic heterocycles. The van der Waals surface area contributed by atoms with Crippen LogP contribution in [0.25, 0.3) is 0 Å². The number of hydrogen-bond acceptors (Lipinski definition) is 1. The Morgan fingerprint density at radius 2 is 2.00 bits per heavy atom. The molecular weight excluding hydrogens is 170 g/mol. The molecule has 66 valence electrons. The van der Waals surface area contributed by atoms with Crippen LogP contribution in [-0.2, 0) is 6.54 Å². The number of nitrogens with one attached hydrogen (secondary N) is 1. The van der Waals surface area contributed by atoms with Crippen LogP contribution in [0, 0.1) is 13.8 Å². The zero-order chi connectivity index (χ0) is 9.14. The van der Waals surface area contributed by atoms with E-state index in [1.807, 2.05) is 14.0 Å². The Balaban J connectivity index is 3.08. The van der Waals surface area contributed by atoms with Gasteiger partial charge in [-0.15, -0.1) is 0 Å². The van der Waals surface area contributed by atoms with Crippen LogP contribution in [0.2, 0.25) is 5.02 Å². The van der Waals surface area contributed by atoms with E-state index in [0.29, 0.717) is 0 Å². The number of rotatable bonds is 2. The third-order valence-electron chi connectivity index (χ3n) is 2.06. The molecule has 0 saturated carbocycles. The van der Waals surface area contributed by atoms with Crippen LogP contribution in [0.4, 0.5) is 0 Å². The number of hydrogen-bond donors (Lipinski definition) is 1. The predicted octanol–water partition coefficient (Wildman–Crippen LogP) is 2.68. The highest BCUT2D eigenvalue weighted by Crippen LogP contribution is 2.22. The summed E-state index contributed by atoms with van der Waals surface area (Å²) in [5.41, 5.74) is 3.60. The molecular formula is C10H14ClN. The van der Waals surface area contributed by atoms with Crippen molar-refractivity contribution in [1.82, 2.24) is 5.32 Å². The SMILES string of the molecule is CNCc1ccc(C)c(Cl)c1C. The Hall–Kier alpha value is -0.530. The minimum absolute atomic E-state index is 0.881. The molecule has 0 heterocycles. The lowest BCUT2D eigenvalue weighted by molar-refractivity contribution is 0.812. The summed E-state index contributed by atoms with van der Waals surface area (Å²) >= 11 is 6.09. The van der Waals surface area contributed by atoms with Crippen molar-refractivity contribution < 1.29 is 0 Å². The molecule has 0 fully saturated rings. The third-order valence-corrected chi connectivity index (χ3v) is 2.64. The molecule has 0 amide bonds. The summed E-state index contributed by atoms with van der Waals surface area (Å²) in [7, 11) is 1.94. The van der Waals surface area contributed by atoms with Gasteiger partial charge >= 0.3 is 0 Å². The van der Waals surface area contributed by atoms with Gasteiger partial charge in [-0.2, -0.15) is 0 Å². The van der Waals surface area contributed by atoms with Gasteiger partial charge < -0.3 is 5.32 Å². The van der Waals surface area contributed by atoms with Gasteiger partial charge in [0.2, 0.25) is 0 Å². The smallest absolute Gasteiger partial charge is 0.0467 e. The van der Waals surface area contributed by atoms with E-state index in [1.165, 1.54) is 11.1 Å². The van der Waals surface area contributed by atoms with Crippen molar-refractivity contribution in [1.29, 1.82) is 0 Å². The fourth-order valence-corrected chi connectivity index (χ4v) is 1.43. The molecule has 0 unspecified atom stereocenters. The molecule has 0 aliphatic rings. The van der Waals surface area contributed by atoms with Crippen LogP contribution < -0.4 is 5.32 Å². The van der Waals surface area contributed by atoms with Gasteiger partial charge in [-0.25, -0.2) is 0 Å². The Morgan fingerprint density at radius 3 is 2.58 bits per heavy atom. The average Bonchev–Trinajstić information content (AvgIpc) is 2.07. The summed E-state index contributed by atoms with van der Waals surface area (Å²) in [6, 6.07) is 4.18.